The molecule has 0 aliphatic heterocycles. The van der Waals surface area contributed by atoms with Crippen LogP contribution in [0.2, 0.25) is 0 Å². The van der Waals surface area contributed by atoms with E-state index in [-0.39, 0.29) is 17.7 Å². The van der Waals surface area contributed by atoms with Crippen molar-refractivity contribution in [2.24, 2.45) is 7.05 Å². The molecular formula is C17H16F2N6O2. The Kier molecular flexibility index (Phi) is 5.25. The summed E-state index contributed by atoms with van der Waals surface area (Å²) in [6.45, 7) is -0.164. The third kappa shape index (κ3) is 4.35. The number of hydrogen-bond donors (Lipinski definition) is 2. The summed E-state index contributed by atoms with van der Waals surface area (Å²) in [6, 6.07) is 3.43. The van der Waals surface area contributed by atoms with Crippen LogP contribution in [0.3, 0.4) is 0 Å². The molecule has 0 bridgehead atoms. The van der Waals surface area contributed by atoms with Gasteiger partial charge in [0.05, 0.1) is 24.6 Å². The topological polar surface area (TPSA) is 94.0 Å². The summed E-state index contributed by atoms with van der Waals surface area (Å²) in [4.78, 5) is 19.7. The molecule has 3 aromatic rings. The number of methoxy groups -OCH3 is 1. The number of carbonyl (C=O) groups excluding carboxylic acids is 1. The standard InChI is InChI=1S/C17H16F2N6O2/c1-25-9-11(7-22-25)23-17-20-4-3-15(24-17)21-8-12-13(18)5-10(6-14(12)19)16(26)27-2/h3-7,9H,8H2,1-2H3,(H2,20,21,23,24). The van der Waals surface area contributed by atoms with Crippen molar-refractivity contribution in [2.75, 3.05) is 17.7 Å². The van der Waals surface area contributed by atoms with E-state index < -0.39 is 17.6 Å². The van der Waals surface area contributed by atoms with Crippen LogP contribution in [0.15, 0.2) is 36.8 Å². The maximum absolute atomic E-state index is 14.1. The summed E-state index contributed by atoms with van der Waals surface area (Å²) in [5.41, 5.74) is 0.286. The Morgan fingerprint density at radius 2 is 2.04 bits per heavy atom. The lowest BCUT2D eigenvalue weighted by Crippen LogP contribution is -2.10. The Morgan fingerprint density at radius 3 is 2.67 bits per heavy atom. The number of nitrogens with one attached hydrogen (secondary N) is 2. The molecule has 27 heavy (non-hydrogen) atoms. The molecule has 140 valence electrons. The molecular weight excluding hydrogens is 358 g/mol. The van der Waals surface area contributed by atoms with E-state index in [9.17, 15) is 13.6 Å². The summed E-state index contributed by atoms with van der Waals surface area (Å²) < 4.78 is 34.4. The van der Waals surface area contributed by atoms with Gasteiger partial charge in [0, 0.05) is 31.5 Å². The zero-order valence-electron chi connectivity index (χ0n) is 14.5. The number of aryl methyl sites for hydroxylation is 1. The van der Waals surface area contributed by atoms with Crippen LogP contribution < -0.4 is 10.6 Å². The Balaban J connectivity index is 1.71. The molecule has 0 spiro atoms. The van der Waals surface area contributed by atoms with Crippen LogP contribution in [0.1, 0.15) is 15.9 Å². The van der Waals surface area contributed by atoms with Gasteiger partial charge >= 0.3 is 5.97 Å². The van der Waals surface area contributed by atoms with Crippen LogP contribution in [0, 0.1) is 11.6 Å². The van der Waals surface area contributed by atoms with Gasteiger partial charge in [0.25, 0.3) is 0 Å². The minimum atomic E-state index is -0.856. The summed E-state index contributed by atoms with van der Waals surface area (Å²) in [6.07, 6.45) is 4.86. The average molecular weight is 374 g/mol. The fraction of sp³-hybridized carbons (Fsp3) is 0.176. The van der Waals surface area contributed by atoms with Crippen molar-refractivity contribution in [3.05, 3.63) is 59.6 Å². The van der Waals surface area contributed by atoms with Crippen molar-refractivity contribution in [1.82, 2.24) is 19.7 Å². The van der Waals surface area contributed by atoms with E-state index in [4.69, 9.17) is 0 Å². The largest absolute Gasteiger partial charge is 0.465 e. The minimum Gasteiger partial charge on any atom is -0.465 e. The van der Waals surface area contributed by atoms with Crippen molar-refractivity contribution in [3.63, 3.8) is 0 Å². The monoisotopic (exact) mass is 374 g/mol. The number of anilines is 3. The molecule has 2 heterocycles. The maximum atomic E-state index is 14.1. The molecule has 2 aromatic heterocycles. The summed E-state index contributed by atoms with van der Waals surface area (Å²) >= 11 is 0. The third-order valence-electron chi connectivity index (χ3n) is 3.63. The second kappa shape index (κ2) is 7.77. The summed E-state index contributed by atoms with van der Waals surface area (Å²) in [5, 5.41) is 9.82. The lowest BCUT2D eigenvalue weighted by Gasteiger charge is -2.10. The number of rotatable bonds is 6. The third-order valence-corrected chi connectivity index (χ3v) is 3.63. The number of halogens is 2. The van der Waals surface area contributed by atoms with E-state index in [1.54, 1.807) is 30.2 Å². The number of esters is 1. The van der Waals surface area contributed by atoms with Gasteiger partial charge in [-0.15, -0.1) is 0 Å². The molecule has 0 radical (unpaired) electrons. The predicted octanol–water partition coefficient (Wildman–Crippen LogP) is 2.63. The van der Waals surface area contributed by atoms with Gasteiger partial charge < -0.3 is 15.4 Å². The van der Waals surface area contributed by atoms with Gasteiger partial charge in [-0.05, 0) is 18.2 Å². The van der Waals surface area contributed by atoms with Crippen LogP contribution in [-0.2, 0) is 18.3 Å². The van der Waals surface area contributed by atoms with Gasteiger partial charge in [-0.3, -0.25) is 4.68 Å². The zero-order chi connectivity index (χ0) is 19.4. The molecule has 0 saturated carbocycles. The van der Waals surface area contributed by atoms with Crippen LogP contribution in [0.25, 0.3) is 0 Å². The molecule has 0 unspecified atom stereocenters. The first kappa shape index (κ1) is 18.2. The highest BCUT2D eigenvalue weighted by Gasteiger charge is 2.15. The highest BCUT2D eigenvalue weighted by molar-refractivity contribution is 5.89. The van der Waals surface area contributed by atoms with Crippen molar-refractivity contribution in [1.29, 1.82) is 0 Å². The van der Waals surface area contributed by atoms with Gasteiger partial charge in [0.15, 0.2) is 0 Å². The summed E-state index contributed by atoms with van der Waals surface area (Å²) in [5.74, 6) is -1.85. The molecule has 2 N–H and O–H groups in total. The molecule has 0 amide bonds. The van der Waals surface area contributed by atoms with Crippen molar-refractivity contribution >= 4 is 23.4 Å². The maximum Gasteiger partial charge on any atom is 0.338 e. The fourth-order valence-corrected chi connectivity index (χ4v) is 2.32. The first-order valence-electron chi connectivity index (χ1n) is 7.85. The van der Waals surface area contributed by atoms with Crippen LogP contribution in [0.4, 0.5) is 26.2 Å². The Morgan fingerprint density at radius 1 is 1.30 bits per heavy atom. The normalized spacial score (nSPS) is 10.5. The van der Waals surface area contributed by atoms with Crippen molar-refractivity contribution in [2.45, 2.75) is 6.54 Å². The fourth-order valence-electron chi connectivity index (χ4n) is 2.32. The molecule has 0 fully saturated rings. The lowest BCUT2D eigenvalue weighted by atomic mass is 10.1. The van der Waals surface area contributed by atoms with Crippen molar-refractivity contribution in [3.8, 4) is 0 Å². The first-order chi connectivity index (χ1) is 13.0. The van der Waals surface area contributed by atoms with E-state index in [1.807, 2.05) is 0 Å². The first-order valence-corrected chi connectivity index (χ1v) is 7.85. The smallest absolute Gasteiger partial charge is 0.338 e. The number of ether oxygens (including phenoxy) is 1. The van der Waals surface area contributed by atoms with E-state index >= 15 is 0 Å². The van der Waals surface area contributed by atoms with E-state index in [1.165, 1.54) is 6.20 Å². The SMILES string of the molecule is COC(=O)c1cc(F)c(CNc2ccnc(Nc3cnn(C)c3)n2)c(F)c1. The van der Waals surface area contributed by atoms with Gasteiger partial charge in [-0.25, -0.2) is 18.6 Å². The molecule has 3 rings (SSSR count). The predicted molar refractivity (Wildman–Crippen MR) is 93.5 cm³/mol. The van der Waals surface area contributed by atoms with Gasteiger partial charge in [0.2, 0.25) is 5.95 Å². The molecule has 0 aliphatic rings. The molecule has 0 saturated heterocycles. The highest BCUT2D eigenvalue weighted by Crippen LogP contribution is 2.18. The van der Waals surface area contributed by atoms with Gasteiger partial charge in [-0.1, -0.05) is 0 Å². The zero-order valence-corrected chi connectivity index (χ0v) is 14.5. The molecule has 1 aromatic carbocycles. The number of hydrogen-bond acceptors (Lipinski definition) is 7. The highest BCUT2D eigenvalue weighted by atomic mass is 19.1. The Labute approximate surface area is 153 Å². The van der Waals surface area contributed by atoms with Gasteiger partial charge in [0.1, 0.15) is 17.5 Å². The summed E-state index contributed by atoms with van der Waals surface area (Å²) in [7, 11) is 2.92. The number of aromatic nitrogens is 4. The second-order valence-electron chi connectivity index (χ2n) is 5.56. The molecule has 0 aliphatic carbocycles. The molecule has 8 nitrogen and oxygen atoms in total. The Bertz CT molecular complexity index is 953. The van der Waals surface area contributed by atoms with E-state index in [2.05, 4.69) is 30.4 Å². The van der Waals surface area contributed by atoms with Crippen LogP contribution >= 0.6 is 0 Å². The van der Waals surface area contributed by atoms with E-state index in [0.29, 0.717) is 17.5 Å². The average Bonchev–Trinajstić information content (AvgIpc) is 3.05. The van der Waals surface area contributed by atoms with Gasteiger partial charge in [-0.2, -0.15) is 10.1 Å². The minimum absolute atomic E-state index is 0.164. The quantitative estimate of drug-likeness (QED) is 0.641. The molecule has 0 atom stereocenters. The number of carbonyl (C=O) groups is 1. The van der Waals surface area contributed by atoms with Crippen LogP contribution in [-0.4, -0.2) is 32.8 Å². The molecule has 10 heteroatoms. The van der Waals surface area contributed by atoms with E-state index in [0.717, 1.165) is 19.2 Å². The lowest BCUT2D eigenvalue weighted by molar-refractivity contribution is 0.0599. The van der Waals surface area contributed by atoms with Crippen LogP contribution in [0.5, 0.6) is 0 Å². The van der Waals surface area contributed by atoms with Crippen molar-refractivity contribution < 1.29 is 18.3 Å². The number of nitrogens with zero attached hydrogens (tertiary/aromatic N) is 4. The second-order valence-corrected chi connectivity index (χ2v) is 5.56. The Hall–Kier alpha value is -3.56. The number of benzene rings is 1.